The minimum absolute atomic E-state index is 0.0883. The van der Waals surface area contributed by atoms with Gasteiger partial charge in [-0.1, -0.05) is 62.4 Å². The van der Waals surface area contributed by atoms with E-state index in [-0.39, 0.29) is 5.91 Å². The van der Waals surface area contributed by atoms with E-state index in [9.17, 15) is 4.79 Å². The van der Waals surface area contributed by atoms with Crippen molar-refractivity contribution >= 4 is 11.6 Å². The molecule has 1 aromatic heterocycles. The van der Waals surface area contributed by atoms with Crippen LogP contribution in [0.3, 0.4) is 0 Å². The summed E-state index contributed by atoms with van der Waals surface area (Å²) in [5.41, 5.74) is 5.11. The van der Waals surface area contributed by atoms with E-state index in [4.69, 9.17) is 0 Å². The number of aromatic nitrogens is 2. The van der Waals surface area contributed by atoms with Crippen LogP contribution in [0, 0.1) is 19.8 Å². The van der Waals surface area contributed by atoms with Crippen LogP contribution in [0.4, 0.5) is 5.69 Å². The highest BCUT2D eigenvalue weighted by molar-refractivity contribution is 5.94. The summed E-state index contributed by atoms with van der Waals surface area (Å²) in [5, 5.41) is 4.67. The number of aryl methyl sites for hydroxylation is 1. The zero-order chi connectivity index (χ0) is 20.1. The molecule has 1 heterocycles. The van der Waals surface area contributed by atoms with Crippen molar-refractivity contribution in [3.05, 3.63) is 83.2 Å². The molecule has 4 heteroatoms. The Balaban J connectivity index is 1.87. The smallest absolute Gasteiger partial charge is 0.231 e. The molecule has 0 radical (unpaired) electrons. The second-order valence-electron chi connectivity index (χ2n) is 7.70. The second-order valence-corrected chi connectivity index (χ2v) is 7.70. The lowest BCUT2D eigenvalue weighted by Gasteiger charge is -2.23. The summed E-state index contributed by atoms with van der Waals surface area (Å²) in [6.45, 7) is 9.84. The average Bonchev–Trinajstić information content (AvgIpc) is 2.94. The van der Waals surface area contributed by atoms with E-state index >= 15 is 0 Å². The summed E-state index contributed by atoms with van der Waals surface area (Å²) < 4.78 is 2.03. The highest BCUT2D eigenvalue weighted by atomic mass is 16.2. The lowest BCUT2D eigenvalue weighted by Crippen LogP contribution is -2.32. The molecule has 0 aliphatic heterocycles. The minimum atomic E-state index is 0.0883. The highest BCUT2D eigenvalue weighted by Gasteiger charge is 2.21. The van der Waals surface area contributed by atoms with Crippen LogP contribution in [0.1, 0.15) is 36.4 Å². The van der Waals surface area contributed by atoms with Gasteiger partial charge in [0.1, 0.15) is 0 Å². The van der Waals surface area contributed by atoms with Crippen LogP contribution in [0.15, 0.2) is 60.7 Å². The van der Waals surface area contributed by atoms with E-state index in [0.717, 1.165) is 34.7 Å². The van der Waals surface area contributed by atoms with E-state index < -0.39 is 0 Å². The molecule has 0 spiro atoms. The van der Waals surface area contributed by atoms with Crippen LogP contribution in [0.2, 0.25) is 0 Å². The number of rotatable bonds is 7. The van der Waals surface area contributed by atoms with E-state index in [0.29, 0.717) is 18.9 Å². The molecule has 28 heavy (non-hydrogen) atoms. The van der Waals surface area contributed by atoms with Crippen molar-refractivity contribution in [3.8, 4) is 0 Å². The Hall–Kier alpha value is -2.88. The molecule has 1 amide bonds. The van der Waals surface area contributed by atoms with Gasteiger partial charge in [0.25, 0.3) is 0 Å². The van der Waals surface area contributed by atoms with Gasteiger partial charge in [0.2, 0.25) is 5.91 Å². The van der Waals surface area contributed by atoms with Crippen molar-refractivity contribution in [1.82, 2.24) is 9.78 Å². The first kappa shape index (κ1) is 19.9. The zero-order valence-corrected chi connectivity index (χ0v) is 17.2. The van der Waals surface area contributed by atoms with E-state index in [2.05, 4.69) is 38.0 Å². The molecule has 0 N–H and O–H groups in total. The average molecular weight is 376 g/mol. The Bertz CT molecular complexity index is 914. The highest BCUT2D eigenvalue weighted by Crippen LogP contribution is 2.21. The molecule has 0 aliphatic rings. The number of benzene rings is 2. The first-order valence-corrected chi connectivity index (χ1v) is 9.88. The van der Waals surface area contributed by atoms with E-state index in [1.807, 2.05) is 65.0 Å². The molecule has 0 fully saturated rings. The van der Waals surface area contributed by atoms with Crippen LogP contribution >= 0.6 is 0 Å². The fourth-order valence-corrected chi connectivity index (χ4v) is 3.46. The van der Waals surface area contributed by atoms with Crippen LogP contribution in [-0.2, 0) is 24.3 Å². The number of hydrogen-bond donors (Lipinski definition) is 0. The van der Waals surface area contributed by atoms with Gasteiger partial charge in [0, 0.05) is 23.5 Å². The summed E-state index contributed by atoms with van der Waals surface area (Å²) in [6.07, 6.45) is 0.359. The lowest BCUT2D eigenvalue weighted by molar-refractivity contribution is -0.118. The van der Waals surface area contributed by atoms with Gasteiger partial charge in [0.15, 0.2) is 0 Å². The molecule has 146 valence electrons. The van der Waals surface area contributed by atoms with Crippen LogP contribution in [0.25, 0.3) is 0 Å². The Kier molecular flexibility index (Phi) is 6.30. The fourth-order valence-electron chi connectivity index (χ4n) is 3.46. The van der Waals surface area contributed by atoms with Crippen molar-refractivity contribution < 1.29 is 4.79 Å². The van der Waals surface area contributed by atoms with Crippen molar-refractivity contribution in [2.45, 2.75) is 47.2 Å². The van der Waals surface area contributed by atoms with E-state index in [1.54, 1.807) is 0 Å². The maximum Gasteiger partial charge on any atom is 0.231 e. The maximum absolute atomic E-state index is 13.3. The Morgan fingerprint density at radius 1 is 1.00 bits per heavy atom. The lowest BCUT2D eigenvalue weighted by atomic mass is 10.1. The Labute approximate surface area is 167 Å². The Morgan fingerprint density at radius 3 is 2.21 bits per heavy atom. The third kappa shape index (κ3) is 4.69. The van der Waals surface area contributed by atoms with Gasteiger partial charge in [-0.3, -0.25) is 9.48 Å². The van der Waals surface area contributed by atoms with Gasteiger partial charge < -0.3 is 4.90 Å². The Morgan fingerprint density at radius 2 is 1.61 bits per heavy atom. The number of nitrogens with zero attached hydrogens (tertiary/aromatic N) is 3. The van der Waals surface area contributed by atoms with E-state index in [1.165, 1.54) is 0 Å². The number of carbonyl (C=O) groups excluding carboxylic acids is 1. The number of para-hydroxylation sites is 1. The molecule has 0 bridgehead atoms. The standard InChI is InChI=1S/C24H29N3O/c1-18(2)16-27-20(4)23(19(3)25-27)15-24(28)26(22-13-9-6-10-14-22)17-21-11-7-5-8-12-21/h5-14,18H,15-17H2,1-4H3. The SMILES string of the molecule is Cc1nn(CC(C)C)c(C)c1CC(=O)N(Cc1ccccc1)c1ccccc1. The molecular weight excluding hydrogens is 346 g/mol. The summed E-state index contributed by atoms with van der Waals surface area (Å²) >= 11 is 0. The van der Waals surface area contributed by atoms with Crippen LogP contribution < -0.4 is 4.90 Å². The second kappa shape index (κ2) is 8.87. The van der Waals surface area contributed by atoms with Gasteiger partial charge in [-0.15, -0.1) is 0 Å². The molecule has 0 unspecified atom stereocenters. The molecule has 3 aromatic rings. The molecule has 0 saturated carbocycles. The summed E-state index contributed by atoms with van der Waals surface area (Å²) in [5.74, 6) is 0.603. The number of amides is 1. The molecule has 3 rings (SSSR count). The fraction of sp³-hybridized carbons (Fsp3) is 0.333. The third-order valence-corrected chi connectivity index (χ3v) is 4.95. The van der Waals surface area contributed by atoms with Crippen molar-refractivity contribution in [3.63, 3.8) is 0 Å². The molecule has 4 nitrogen and oxygen atoms in total. The predicted molar refractivity (Wildman–Crippen MR) is 114 cm³/mol. The molecule has 2 aromatic carbocycles. The van der Waals surface area contributed by atoms with Gasteiger partial charge >= 0.3 is 0 Å². The monoisotopic (exact) mass is 375 g/mol. The van der Waals surface area contributed by atoms with Crippen molar-refractivity contribution in [2.24, 2.45) is 5.92 Å². The van der Waals surface area contributed by atoms with Crippen molar-refractivity contribution in [2.75, 3.05) is 4.90 Å². The van der Waals surface area contributed by atoms with Crippen molar-refractivity contribution in [1.29, 1.82) is 0 Å². The number of anilines is 1. The zero-order valence-electron chi connectivity index (χ0n) is 17.2. The molecule has 0 atom stereocenters. The van der Waals surface area contributed by atoms with Crippen LogP contribution in [-0.4, -0.2) is 15.7 Å². The minimum Gasteiger partial charge on any atom is -0.308 e. The molecule has 0 saturated heterocycles. The van der Waals surface area contributed by atoms with Gasteiger partial charge in [-0.25, -0.2) is 0 Å². The maximum atomic E-state index is 13.3. The summed E-state index contributed by atoms with van der Waals surface area (Å²) in [6, 6.07) is 20.0. The summed E-state index contributed by atoms with van der Waals surface area (Å²) in [4.78, 5) is 15.2. The number of hydrogen-bond acceptors (Lipinski definition) is 2. The quantitative estimate of drug-likeness (QED) is 0.587. The first-order chi connectivity index (χ1) is 13.5. The normalized spacial score (nSPS) is 11.0. The van der Waals surface area contributed by atoms with Crippen LogP contribution in [0.5, 0.6) is 0 Å². The van der Waals surface area contributed by atoms with Gasteiger partial charge in [-0.2, -0.15) is 5.10 Å². The van der Waals surface area contributed by atoms with Gasteiger partial charge in [-0.05, 0) is 37.5 Å². The third-order valence-electron chi connectivity index (χ3n) is 4.95. The number of carbonyl (C=O) groups is 1. The largest absolute Gasteiger partial charge is 0.308 e. The van der Waals surface area contributed by atoms with Gasteiger partial charge in [0.05, 0.1) is 18.7 Å². The predicted octanol–water partition coefficient (Wildman–Crippen LogP) is 4.93. The topological polar surface area (TPSA) is 38.1 Å². The molecule has 0 aliphatic carbocycles. The first-order valence-electron chi connectivity index (χ1n) is 9.88. The summed E-state index contributed by atoms with van der Waals surface area (Å²) in [7, 11) is 0. The molecular formula is C24H29N3O.